The lowest BCUT2D eigenvalue weighted by molar-refractivity contribution is -0.991. The molecule has 3 N–H and O–H groups in total. The number of quaternary nitrogens is 1. The highest BCUT2D eigenvalue weighted by Gasteiger charge is 2.27. The Morgan fingerprint density at radius 1 is 1.00 bits per heavy atom. The molecule has 8 nitrogen and oxygen atoms in total. The van der Waals surface area contributed by atoms with Crippen LogP contribution in [-0.2, 0) is 19.1 Å². The van der Waals surface area contributed by atoms with Crippen molar-refractivity contribution in [1.29, 1.82) is 0 Å². The van der Waals surface area contributed by atoms with Crippen LogP contribution in [0.15, 0.2) is 29.8 Å². The number of unbranched alkanes of at least 4 members (excludes halogenated alkanes) is 2. The van der Waals surface area contributed by atoms with Gasteiger partial charge in [0.25, 0.3) is 0 Å². The molecule has 26 heavy (non-hydrogen) atoms. The van der Waals surface area contributed by atoms with Crippen LogP contribution < -0.4 is 5.23 Å². The van der Waals surface area contributed by atoms with Gasteiger partial charge in [0.05, 0.1) is 13.2 Å². The van der Waals surface area contributed by atoms with Crippen molar-refractivity contribution >= 4 is 23.4 Å². The van der Waals surface area contributed by atoms with Crippen molar-refractivity contribution in [3.8, 4) is 0 Å². The van der Waals surface area contributed by atoms with Crippen LogP contribution in [-0.4, -0.2) is 35.5 Å². The third kappa shape index (κ3) is 6.47. The molecule has 0 saturated heterocycles. The average molecular weight is 367 g/mol. The predicted octanol–water partition coefficient (Wildman–Crippen LogP) is 2.05. The van der Waals surface area contributed by atoms with Gasteiger partial charge >= 0.3 is 11.9 Å². The zero-order valence-corrected chi connectivity index (χ0v) is 15.0. The maximum Gasteiger partial charge on any atom is 0.349 e. The lowest BCUT2D eigenvalue weighted by atomic mass is 10.1. The Morgan fingerprint density at radius 3 is 1.85 bits per heavy atom. The molecule has 144 valence electrons. The summed E-state index contributed by atoms with van der Waals surface area (Å²) < 4.78 is 10.0. The maximum absolute atomic E-state index is 12.2. The van der Waals surface area contributed by atoms with Crippen LogP contribution in [0.2, 0.25) is 0 Å². The van der Waals surface area contributed by atoms with E-state index in [0.29, 0.717) is 12.8 Å². The minimum absolute atomic E-state index is 0.0131. The summed E-state index contributed by atoms with van der Waals surface area (Å²) in [5.74, 6) is -2.55. The first-order valence-corrected chi connectivity index (χ1v) is 8.53. The van der Waals surface area contributed by atoms with Crippen LogP contribution in [0, 0.1) is 5.21 Å². The van der Waals surface area contributed by atoms with E-state index in [9.17, 15) is 19.9 Å². The SMILES string of the molecule is CCCCOC(=O)C(C(=O)OCCCC)=C(O)c1ccc([NH+]([O-])O)cc1. The maximum atomic E-state index is 12.2. The molecule has 8 heteroatoms. The van der Waals surface area contributed by atoms with Crippen LogP contribution in [0.25, 0.3) is 5.76 Å². The zero-order chi connectivity index (χ0) is 19.5. The normalized spacial score (nSPS) is 11.5. The Bertz CT molecular complexity index is 599. The van der Waals surface area contributed by atoms with Gasteiger partial charge in [0.15, 0.2) is 11.3 Å². The largest absolute Gasteiger partial charge is 0.595 e. The number of esters is 2. The molecule has 0 radical (unpaired) electrons. The number of nitrogens with one attached hydrogen (secondary N) is 1. The molecular formula is C18H25NO7. The van der Waals surface area contributed by atoms with Crippen molar-refractivity contribution in [1.82, 2.24) is 0 Å². The number of aliphatic hydroxyl groups is 1. The Kier molecular flexibility index (Phi) is 9.35. The molecule has 0 aliphatic heterocycles. The summed E-state index contributed by atoms with van der Waals surface area (Å²) in [7, 11) is 0. The molecule has 0 amide bonds. The quantitative estimate of drug-likeness (QED) is 0.110. The van der Waals surface area contributed by atoms with E-state index in [1.165, 1.54) is 24.3 Å². The second kappa shape index (κ2) is 11.2. The molecule has 0 aliphatic rings. The minimum Gasteiger partial charge on any atom is -0.595 e. The number of carbonyl (C=O) groups excluding carboxylic acids is 2. The molecule has 1 atom stereocenters. The Hall–Kier alpha value is -2.42. The molecule has 1 aromatic rings. The van der Waals surface area contributed by atoms with Gasteiger partial charge in [-0.05, 0) is 25.0 Å². The lowest BCUT2D eigenvalue weighted by Crippen LogP contribution is -2.99. The molecular weight excluding hydrogens is 342 g/mol. The van der Waals surface area contributed by atoms with E-state index in [1.807, 2.05) is 13.8 Å². The van der Waals surface area contributed by atoms with E-state index < -0.39 is 28.5 Å². The summed E-state index contributed by atoms with van der Waals surface area (Å²) in [4.78, 5) is 24.5. The van der Waals surface area contributed by atoms with Crippen molar-refractivity contribution in [3.05, 3.63) is 40.6 Å². The Morgan fingerprint density at radius 2 is 1.46 bits per heavy atom. The molecule has 0 fully saturated rings. The number of benzene rings is 1. The van der Waals surface area contributed by atoms with Gasteiger partial charge in [-0.15, -0.1) is 0 Å². The summed E-state index contributed by atoms with van der Waals surface area (Å²) in [6.45, 7) is 4.08. The summed E-state index contributed by atoms with van der Waals surface area (Å²) in [5.41, 5.74) is -0.468. The highest BCUT2D eigenvalue weighted by atomic mass is 16.8. The van der Waals surface area contributed by atoms with Gasteiger partial charge in [-0.25, -0.2) is 14.8 Å². The van der Waals surface area contributed by atoms with Gasteiger partial charge in [-0.2, -0.15) is 5.23 Å². The molecule has 1 aromatic carbocycles. The van der Waals surface area contributed by atoms with E-state index in [-0.39, 0.29) is 24.5 Å². The monoisotopic (exact) mass is 367 g/mol. The number of carbonyl (C=O) groups is 2. The van der Waals surface area contributed by atoms with E-state index >= 15 is 0 Å². The predicted molar refractivity (Wildman–Crippen MR) is 93.5 cm³/mol. The third-order valence-corrected chi connectivity index (χ3v) is 3.51. The molecule has 0 spiro atoms. The first-order valence-electron chi connectivity index (χ1n) is 8.53. The summed E-state index contributed by atoms with van der Waals surface area (Å²) in [6.07, 6.45) is 2.85. The first kappa shape index (κ1) is 21.6. The van der Waals surface area contributed by atoms with E-state index in [1.54, 1.807) is 0 Å². The number of aliphatic hydroxyl groups excluding tert-OH is 1. The Balaban J connectivity index is 3.11. The molecule has 0 aliphatic carbocycles. The van der Waals surface area contributed by atoms with E-state index in [2.05, 4.69) is 0 Å². The van der Waals surface area contributed by atoms with Crippen molar-refractivity contribution in [2.45, 2.75) is 39.5 Å². The fourth-order valence-electron chi connectivity index (χ4n) is 1.95. The second-order valence-electron chi connectivity index (χ2n) is 5.59. The third-order valence-electron chi connectivity index (χ3n) is 3.51. The van der Waals surface area contributed by atoms with Crippen molar-refractivity contribution in [3.63, 3.8) is 0 Å². The van der Waals surface area contributed by atoms with Crippen LogP contribution >= 0.6 is 0 Å². The van der Waals surface area contributed by atoms with E-state index in [0.717, 1.165) is 12.8 Å². The topological polar surface area (TPSA) is 121 Å². The standard InChI is InChI=1S/C18H25NO7/c1-3-5-11-25-17(21)15(18(22)26-12-6-4-2)16(20)13-7-9-14(10-8-13)19(23)24/h7-10,19-20,23H,3-6,11-12H2,1-2H3. The van der Waals surface area contributed by atoms with Gasteiger partial charge in [0.2, 0.25) is 0 Å². The average Bonchev–Trinajstić information content (AvgIpc) is 2.62. The van der Waals surface area contributed by atoms with Gasteiger partial charge < -0.3 is 19.8 Å². The molecule has 0 saturated carbocycles. The highest BCUT2D eigenvalue weighted by molar-refractivity contribution is 6.19. The van der Waals surface area contributed by atoms with Crippen molar-refractivity contribution in [2.24, 2.45) is 0 Å². The van der Waals surface area contributed by atoms with Crippen LogP contribution in [0.1, 0.15) is 45.1 Å². The summed E-state index contributed by atoms with van der Waals surface area (Å²) in [6, 6.07) is 5.13. The van der Waals surface area contributed by atoms with Crippen LogP contribution in [0.5, 0.6) is 0 Å². The van der Waals surface area contributed by atoms with Gasteiger partial charge in [-0.3, -0.25) is 0 Å². The molecule has 1 rings (SSSR count). The minimum atomic E-state index is -1.13. The zero-order valence-electron chi connectivity index (χ0n) is 15.0. The Labute approximate surface area is 152 Å². The van der Waals surface area contributed by atoms with Gasteiger partial charge in [0.1, 0.15) is 5.76 Å². The fourth-order valence-corrected chi connectivity index (χ4v) is 1.95. The molecule has 0 bridgehead atoms. The van der Waals surface area contributed by atoms with Crippen LogP contribution in [0.3, 0.4) is 0 Å². The second-order valence-corrected chi connectivity index (χ2v) is 5.59. The van der Waals surface area contributed by atoms with E-state index in [4.69, 9.17) is 14.7 Å². The number of rotatable bonds is 10. The van der Waals surface area contributed by atoms with Crippen molar-refractivity contribution in [2.75, 3.05) is 13.2 Å². The smallest absolute Gasteiger partial charge is 0.349 e. The highest BCUT2D eigenvalue weighted by Crippen LogP contribution is 2.20. The molecule has 1 unspecified atom stereocenters. The summed E-state index contributed by atoms with van der Waals surface area (Å²) in [5, 5.41) is 29.1. The number of ether oxygens (including phenoxy) is 2. The van der Waals surface area contributed by atoms with Crippen molar-refractivity contribution < 1.29 is 34.6 Å². The molecule has 0 heterocycles. The van der Waals surface area contributed by atoms with Gasteiger partial charge in [0, 0.05) is 17.7 Å². The first-order chi connectivity index (χ1) is 12.4. The van der Waals surface area contributed by atoms with Gasteiger partial charge in [-0.1, -0.05) is 26.7 Å². The summed E-state index contributed by atoms with van der Waals surface area (Å²) >= 11 is 0. The number of hydrogen-bond acceptors (Lipinski definition) is 7. The molecule has 0 aromatic heterocycles. The lowest BCUT2D eigenvalue weighted by Gasteiger charge is -2.13. The number of hydrogen-bond donors (Lipinski definition) is 3. The fraction of sp³-hybridized carbons (Fsp3) is 0.444. The van der Waals surface area contributed by atoms with Crippen LogP contribution in [0.4, 0.5) is 5.69 Å².